The molecule has 4 rings (SSSR count). The number of morpholine rings is 1. The number of rotatable bonds is 7. The largest absolute Gasteiger partial charge is 0.467 e. The smallest absolute Gasteiger partial charge is 0.328 e. The van der Waals surface area contributed by atoms with Gasteiger partial charge in [-0.05, 0) is 35.9 Å². The van der Waals surface area contributed by atoms with Gasteiger partial charge in [-0.25, -0.2) is 13.2 Å². The molecule has 174 valence electrons. The average Bonchev–Trinajstić information content (AvgIpc) is 3.26. The molecule has 2 heterocycles. The van der Waals surface area contributed by atoms with Gasteiger partial charge in [-0.1, -0.05) is 18.2 Å². The molecule has 1 aliphatic heterocycles. The molecule has 10 heteroatoms. The summed E-state index contributed by atoms with van der Waals surface area (Å²) >= 11 is 0. The number of fused-ring (bicyclic) bond motifs is 1. The van der Waals surface area contributed by atoms with E-state index in [0.29, 0.717) is 26.3 Å². The number of methoxy groups -OCH3 is 1. The summed E-state index contributed by atoms with van der Waals surface area (Å²) in [5, 5.41) is 3.66. The zero-order valence-electron chi connectivity index (χ0n) is 18.1. The number of nitrogens with one attached hydrogen (secondary N) is 2. The number of ether oxygens (including phenoxy) is 2. The predicted molar refractivity (Wildman–Crippen MR) is 121 cm³/mol. The second-order valence-corrected chi connectivity index (χ2v) is 9.59. The quantitative estimate of drug-likeness (QED) is 0.507. The first-order chi connectivity index (χ1) is 15.9. The van der Waals surface area contributed by atoms with E-state index >= 15 is 0 Å². The minimum atomic E-state index is -3.66. The first-order valence-corrected chi connectivity index (χ1v) is 12.0. The lowest BCUT2D eigenvalue weighted by molar-refractivity contribution is -0.142. The Morgan fingerprint density at radius 2 is 1.82 bits per heavy atom. The summed E-state index contributed by atoms with van der Waals surface area (Å²) in [7, 11) is -2.39. The molecule has 1 fully saturated rings. The molecule has 9 nitrogen and oxygen atoms in total. The number of hydrogen-bond acceptors (Lipinski definition) is 6. The van der Waals surface area contributed by atoms with Crippen LogP contribution in [0.4, 0.5) is 0 Å². The average molecular weight is 472 g/mol. The highest BCUT2D eigenvalue weighted by Crippen LogP contribution is 2.20. The molecule has 33 heavy (non-hydrogen) atoms. The van der Waals surface area contributed by atoms with Crippen LogP contribution in [0.25, 0.3) is 10.9 Å². The SMILES string of the molecule is COC(=O)[C@@H](Cc1c[nH]c2ccccc12)NC(=O)c1ccc(S(=O)(=O)N2CCOCC2)cc1. The Bertz CT molecular complexity index is 1250. The van der Waals surface area contributed by atoms with E-state index < -0.39 is 27.9 Å². The van der Waals surface area contributed by atoms with Gasteiger partial charge in [-0.2, -0.15) is 4.31 Å². The number of amides is 1. The highest BCUT2D eigenvalue weighted by Gasteiger charge is 2.27. The lowest BCUT2D eigenvalue weighted by Gasteiger charge is -2.26. The number of aromatic nitrogens is 1. The van der Waals surface area contributed by atoms with Gasteiger partial charge in [0, 0.05) is 42.2 Å². The Morgan fingerprint density at radius 1 is 1.12 bits per heavy atom. The molecule has 3 aromatic rings. The highest BCUT2D eigenvalue weighted by atomic mass is 32.2. The Morgan fingerprint density at radius 3 is 2.52 bits per heavy atom. The van der Waals surface area contributed by atoms with Crippen molar-refractivity contribution in [3.63, 3.8) is 0 Å². The van der Waals surface area contributed by atoms with E-state index in [4.69, 9.17) is 9.47 Å². The van der Waals surface area contributed by atoms with Crippen molar-refractivity contribution in [2.75, 3.05) is 33.4 Å². The zero-order valence-corrected chi connectivity index (χ0v) is 18.9. The number of sulfonamides is 1. The van der Waals surface area contributed by atoms with Crippen molar-refractivity contribution in [1.82, 2.24) is 14.6 Å². The molecule has 1 atom stereocenters. The second-order valence-electron chi connectivity index (χ2n) is 7.65. The third kappa shape index (κ3) is 4.92. The van der Waals surface area contributed by atoms with Gasteiger partial charge in [0.15, 0.2) is 0 Å². The van der Waals surface area contributed by atoms with E-state index in [9.17, 15) is 18.0 Å². The summed E-state index contributed by atoms with van der Waals surface area (Å²) < 4.78 is 37.0. The van der Waals surface area contributed by atoms with Gasteiger partial charge >= 0.3 is 5.97 Å². The molecule has 1 aliphatic rings. The van der Waals surface area contributed by atoms with Gasteiger partial charge in [0.1, 0.15) is 6.04 Å². The number of hydrogen-bond donors (Lipinski definition) is 2. The summed E-state index contributed by atoms with van der Waals surface area (Å²) in [6.07, 6.45) is 2.05. The van der Waals surface area contributed by atoms with Crippen LogP contribution in [0.3, 0.4) is 0 Å². The van der Waals surface area contributed by atoms with Crippen molar-refractivity contribution in [2.45, 2.75) is 17.4 Å². The van der Waals surface area contributed by atoms with E-state index in [1.807, 2.05) is 24.3 Å². The number of nitrogens with zero attached hydrogens (tertiary/aromatic N) is 1. The molecular formula is C23H25N3O6S. The lowest BCUT2D eigenvalue weighted by Crippen LogP contribution is -2.43. The summed E-state index contributed by atoms with van der Waals surface area (Å²) in [6.45, 7) is 1.29. The lowest BCUT2D eigenvalue weighted by atomic mass is 10.0. The van der Waals surface area contributed by atoms with E-state index in [0.717, 1.165) is 16.5 Å². The van der Waals surface area contributed by atoms with Crippen LogP contribution in [0.5, 0.6) is 0 Å². The number of esters is 1. The van der Waals surface area contributed by atoms with Crippen LogP contribution in [-0.2, 0) is 30.7 Å². The van der Waals surface area contributed by atoms with Gasteiger partial charge in [-0.3, -0.25) is 4.79 Å². The standard InChI is InChI=1S/C23H25N3O6S/c1-31-23(28)21(14-17-15-24-20-5-3-2-4-19(17)20)25-22(27)16-6-8-18(9-7-16)33(29,30)26-10-12-32-13-11-26/h2-9,15,21,24H,10-14H2,1H3,(H,25,27)/t21-/m1/s1. The van der Waals surface area contributed by atoms with Crippen molar-refractivity contribution < 1.29 is 27.5 Å². The minimum Gasteiger partial charge on any atom is -0.467 e. The molecule has 0 saturated carbocycles. The number of carbonyl (C=O) groups is 2. The monoisotopic (exact) mass is 471 g/mol. The molecule has 0 spiro atoms. The van der Waals surface area contributed by atoms with Crippen LogP contribution >= 0.6 is 0 Å². The van der Waals surface area contributed by atoms with Gasteiger partial charge in [0.2, 0.25) is 10.0 Å². The van der Waals surface area contributed by atoms with Gasteiger partial charge in [0.05, 0.1) is 25.2 Å². The topological polar surface area (TPSA) is 118 Å². The third-order valence-electron chi connectivity index (χ3n) is 5.61. The molecule has 0 radical (unpaired) electrons. The van der Waals surface area contributed by atoms with Gasteiger partial charge in [0.25, 0.3) is 5.91 Å². The molecule has 2 aromatic carbocycles. The van der Waals surface area contributed by atoms with E-state index in [1.165, 1.54) is 35.7 Å². The van der Waals surface area contributed by atoms with Crippen LogP contribution in [0.1, 0.15) is 15.9 Å². The summed E-state index contributed by atoms with van der Waals surface area (Å²) in [6, 6.07) is 12.4. The number of benzene rings is 2. The number of H-pyrrole nitrogens is 1. The van der Waals surface area contributed by atoms with Crippen LogP contribution in [-0.4, -0.2) is 69.0 Å². The van der Waals surface area contributed by atoms with Crippen molar-refractivity contribution >= 4 is 32.8 Å². The number of aromatic amines is 1. The molecular weight excluding hydrogens is 446 g/mol. The fraction of sp³-hybridized carbons (Fsp3) is 0.304. The molecule has 0 aliphatic carbocycles. The maximum atomic E-state index is 12.8. The first kappa shape index (κ1) is 23.0. The fourth-order valence-corrected chi connectivity index (χ4v) is 5.22. The molecule has 0 bridgehead atoms. The van der Waals surface area contributed by atoms with Crippen molar-refractivity contribution in [2.24, 2.45) is 0 Å². The zero-order chi connectivity index (χ0) is 23.4. The second kappa shape index (κ2) is 9.74. The molecule has 1 saturated heterocycles. The van der Waals surface area contributed by atoms with E-state index in [1.54, 1.807) is 6.20 Å². The van der Waals surface area contributed by atoms with Crippen LogP contribution in [0, 0.1) is 0 Å². The fourth-order valence-electron chi connectivity index (χ4n) is 3.81. The Hall–Kier alpha value is -3.21. The number of carbonyl (C=O) groups excluding carboxylic acids is 2. The van der Waals surface area contributed by atoms with E-state index in [-0.39, 0.29) is 16.9 Å². The minimum absolute atomic E-state index is 0.101. The van der Waals surface area contributed by atoms with Crippen LogP contribution in [0.15, 0.2) is 59.6 Å². The summed E-state index contributed by atoms with van der Waals surface area (Å²) in [4.78, 5) is 28.4. The Balaban J connectivity index is 1.49. The Kier molecular flexibility index (Phi) is 6.77. The van der Waals surface area contributed by atoms with Crippen molar-refractivity contribution in [3.8, 4) is 0 Å². The Labute approximate surface area is 191 Å². The molecule has 1 amide bonds. The van der Waals surface area contributed by atoms with Gasteiger partial charge < -0.3 is 19.8 Å². The van der Waals surface area contributed by atoms with E-state index in [2.05, 4.69) is 10.3 Å². The van der Waals surface area contributed by atoms with Crippen molar-refractivity contribution in [1.29, 1.82) is 0 Å². The van der Waals surface area contributed by atoms with Gasteiger partial charge in [-0.15, -0.1) is 0 Å². The van der Waals surface area contributed by atoms with Crippen LogP contribution in [0.2, 0.25) is 0 Å². The highest BCUT2D eigenvalue weighted by molar-refractivity contribution is 7.89. The first-order valence-electron chi connectivity index (χ1n) is 10.5. The maximum absolute atomic E-state index is 12.8. The predicted octanol–water partition coefficient (Wildman–Crippen LogP) is 1.70. The molecule has 1 aromatic heterocycles. The maximum Gasteiger partial charge on any atom is 0.328 e. The third-order valence-corrected chi connectivity index (χ3v) is 7.53. The normalized spacial score (nSPS) is 15.8. The summed E-state index contributed by atoms with van der Waals surface area (Å²) in [5.41, 5.74) is 2.04. The number of para-hydroxylation sites is 1. The van der Waals surface area contributed by atoms with Crippen LogP contribution < -0.4 is 5.32 Å². The van der Waals surface area contributed by atoms with Crippen molar-refractivity contribution in [3.05, 3.63) is 65.9 Å². The molecule has 0 unspecified atom stereocenters. The molecule has 2 N–H and O–H groups in total. The summed E-state index contributed by atoms with van der Waals surface area (Å²) in [5.74, 6) is -1.07.